The van der Waals surface area contributed by atoms with Gasteiger partial charge in [0.15, 0.2) is 11.8 Å². The van der Waals surface area contributed by atoms with E-state index in [0.29, 0.717) is 36.9 Å². The van der Waals surface area contributed by atoms with E-state index in [9.17, 15) is 14.8 Å². The number of esters is 1. The number of nitrogens with one attached hydrogen (secondary N) is 1. The molecule has 7 heteroatoms. The lowest BCUT2D eigenvalue weighted by Gasteiger charge is -2.33. The van der Waals surface area contributed by atoms with Gasteiger partial charge < -0.3 is 19.8 Å². The Labute approximate surface area is 173 Å². The number of aromatic nitrogens is 2. The fourth-order valence-electron chi connectivity index (χ4n) is 4.54. The van der Waals surface area contributed by atoms with Crippen LogP contribution < -0.4 is 10.0 Å². The molecule has 7 nitrogen and oxygen atoms in total. The first-order valence-corrected chi connectivity index (χ1v) is 10.1. The van der Waals surface area contributed by atoms with Crippen LogP contribution >= 0.6 is 0 Å². The molecule has 1 fully saturated rings. The minimum Gasteiger partial charge on any atom is -0.618 e. The van der Waals surface area contributed by atoms with E-state index in [1.165, 1.54) is 6.20 Å². The van der Waals surface area contributed by atoms with Crippen LogP contribution in [0.4, 0.5) is 5.69 Å². The van der Waals surface area contributed by atoms with Gasteiger partial charge in [-0.25, -0.2) is 4.79 Å². The smallest absolute Gasteiger partial charge is 0.345 e. The summed E-state index contributed by atoms with van der Waals surface area (Å²) in [5, 5.41) is 15.3. The van der Waals surface area contributed by atoms with E-state index in [-0.39, 0.29) is 11.8 Å². The van der Waals surface area contributed by atoms with Gasteiger partial charge in [-0.1, -0.05) is 18.2 Å². The second kappa shape index (κ2) is 7.02. The summed E-state index contributed by atoms with van der Waals surface area (Å²) in [7, 11) is 0. The second-order valence-corrected chi connectivity index (χ2v) is 7.89. The van der Waals surface area contributed by atoms with Crippen LogP contribution in [0.1, 0.15) is 41.7 Å². The zero-order chi connectivity index (χ0) is 20.7. The number of fused-ring (bicyclic) bond motifs is 2. The van der Waals surface area contributed by atoms with Crippen molar-refractivity contribution in [2.24, 2.45) is 5.92 Å². The maximum absolute atomic E-state index is 12.8. The van der Waals surface area contributed by atoms with Crippen molar-refractivity contribution in [2.45, 2.75) is 31.3 Å². The molecule has 5 rings (SSSR count). The van der Waals surface area contributed by atoms with Crippen molar-refractivity contribution in [3.8, 4) is 5.69 Å². The van der Waals surface area contributed by atoms with Gasteiger partial charge in [-0.2, -0.15) is 4.73 Å². The third-order valence-corrected chi connectivity index (χ3v) is 6.08. The van der Waals surface area contributed by atoms with Crippen molar-refractivity contribution in [2.75, 3.05) is 5.32 Å². The van der Waals surface area contributed by atoms with Crippen LogP contribution in [0.25, 0.3) is 5.69 Å². The maximum Gasteiger partial charge on any atom is 0.345 e. The third kappa shape index (κ3) is 3.03. The molecule has 152 valence electrons. The number of carbonyl (C=O) groups excluding carboxylic acids is 2. The largest absolute Gasteiger partial charge is 0.618 e. The number of amides is 1. The first-order valence-electron chi connectivity index (χ1n) is 10.1. The van der Waals surface area contributed by atoms with E-state index in [2.05, 4.69) is 5.32 Å². The minimum atomic E-state index is -0.914. The van der Waals surface area contributed by atoms with Gasteiger partial charge in [0.25, 0.3) is 5.69 Å². The standard InChI is InChI=1S/C23H21N3O4/c27-21(24-17-10-14-25(15-17)18-5-2-1-3-6-18)16-8-11-23(12-9-16)20-19(22(28)30-23)7-4-13-26(20)29/h1-7,10,13-16H,8-9,11-12H2,(H,24,27). The van der Waals surface area contributed by atoms with Crippen molar-refractivity contribution in [1.82, 2.24) is 4.57 Å². The predicted octanol–water partition coefficient (Wildman–Crippen LogP) is 3.31. The van der Waals surface area contributed by atoms with Crippen LogP contribution in [0.5, 0.6) is 0 Å². The number of benzene rings is 1. The van der Waals surface area contributed by atoms with Gasteiger partial charge in [-0.3, -0.25) is 4.79 Å². The van der Waals surface area contributed by atoms with E-state index < -0.39 is 11.6 Å². The lowest BCUT2D eigenvalue weighted by molar-refractivity contribution is -0.621. The summed E-state index contributed by atoms with van der Waals surface area (Å²) in [6.45, 7) is 0. The molecular weight excluding hydrogens is 382 g/mol. The van der Waals surface area contributed by atoms with E-state index in [4.69, 9.17) is 4.74 Å². The molecule has 3 aromatic rings. The highest BCUT2D eigenvalue weighted by Crippen LogP contribution is 2.46. The number of nitrogens with zero attached hydrogens (tertiary/aromatic N) is 2. The Kier molecular flexibility index (Phi) is 4.31. The number of rotatable bonds is 3. The predicted molar refractivity (Wildman–Crippen MR) is 109 cm³/mol. The summed E-state index contributed by atoms with van der Waals surface area (Å²) < 4.78 is 8.33. The fourth-order valence-corrected chi connectivity index (χ4v) is 4.54. The minimum absolute atomic E-state index is 0.0525. The monoisotopic (exact) mass is 403 g/mol. The molecule has 1 N–H and O–H groups in total. The number of pyridine rings is 1. The summed E-state index contributed by atoms with van der Waals surface area (Å²) in [5.41, 5.74) is 1.55. The molecule has 1 aromatic carbocycles. The number of ether oxygens (including phenoxy) is 1. The van der Waals surface area contributed by atoms with Gasteiger partial charge in [0, 0.05) is 30.1 Å². The maximum atomic E-state index is 12.8. The summed E-state index contributed by atoms with van der Waals surface area (Å²) in [4.78, 5) is 25.0. The van der Waals surface area contributed by atoms with Gasteiger partial charge in [0.05, 0.1) is 5.69 Å². The summed E-state index contributed by atoms with van der Waals surface area (Å²) in [6, 6.07) is 14.9. The van der Waals surface area contributed by atoms with E-state index in [1.54, 1.807) is 12.1 Å². The van der Waals surface area contributed by atoms with Gasteiger partial charge >= 0.3 is 5.97 Å². The Morgan fingerprint density at radius 2 is 1.90 bits per heavy atom. The SMILES string of the molecule is O=C1OC2(CCC(C(=O)Nc3ccn(-c4ccccc4)c3)CC2)c2c1ccc[n+]2[O-]. The van der Waals surface area contributed by atoms with Gasteiger partial charge in [0.2, 0.25) is 5.91 Å². The van der Waals surface area contributed by atoms with E-state index in [0.717, 1.165) is 16.1 Å². The summed E-state index contributed by atoms with van der Waals surface area (Å²) in [6.07, 6.45) is 7.19. The molecule has 2 aromatic heterocycles. The van der Waals surface area contributed by atoms with Gasteiger partial charge in [0.1, 0.15) is 5.56 Å². The zero-order valence-electron chi connectivity index (χ0n) is 16.3. The molecule has 3 heterocycles. The normalized spacial score (nSPS) is 22.5. The summed E-state index contributed by atoms with van der Waals surface area (Å²) >= 11 is 0. The lowest BCUT2D eigenvalue weighted by Crippen LogP contribution is -2.44. The first-order chi connectivity index (χ1) is 14.6. The van der Waals surface area contributed by atoms with Crippen LogP contribution in [0.15, 0.2) is 67.1 Å². The Balaban J connectivity index is 1.27. The highest BCUT2D eigenvalue weighted by atomic mass is 16.6. The van der Waals surface area contributed by atoms with Crippen molar-refractivity contribution >= 4 is 17.6 Å². The molecule has 1 amide bonds. The third-order valence-electron chi connectivity index (χ3n) is 6.08. The van der Waals surface area contributed by atoms with Crippen LogP contribution in [-0.4, -0.2) is 16.4 Å². The molecule has 0 saturated heterocycles. The van der Waals surface area contributed by atoms with Crippen LogP contribution in [0.3, 0.4) is 0 Å². The Bertz CT molecular complexity index is 1110. The van der Waals surface area contributed by atoms with Crippen LogP contribution in [0.2, 0.25) is 0 Å². The van der Waals surface area contributed by atoms with Crippen LogP contribution in [0, 0.1) is 11.1 Å². The molecule has 0 bridgehead atoms. The van der Waals surface area contributed by atoms with Crippen molar-refractivity contribution < 1.29 is 19.1 Å². The second-order valence-electron chi connectivity index (χ2n) is 7.89. The number of hydrogen-bond acceptors (Lipinski definition) is 4. The Morgan fingerprint density at radius 1 is 1.13 bits per heavy atom. The quantitative estimate of drug-likeness (QED) is 0.413. The molecule has 2 aliphatic rings. The highest BCUT2D eigenvalue weighted by Gasteiger charge is 2.54. The Hall–Kier alpha value is -3.61. The average Bonchev–Trinajstić information content (AvgIpc) is 3.33. The van der Waals surface area contributed by atoms with Gasteiger partial charge in [-0.05, 0) is 49.9 Å². The van der Waals surface area contributed by atoms with Crippen molar-refractivity contribution in [1.29, 1.82) is 0 Å². The Morgan fingerprint density at radius 3 is 2.67 bits per heavy atom. The number of para-hydroxylation sites is 1. The molecule has 0 radical (unpaired) electrons. The summed E-state index contributed by atoms with van der Waals surface area (Å²) in [5.74, 6) is -0.703. The van der Waals surface area contributed by atoms with Crippen LogP contribution in [-0.2, 0) is 15.1 Å². The number of carbonyl (C=O) groups is 2. The van der Waals surface area contributed by atoms with E-state index in [1.807, 2.05) is 53.4 Å². The number of anilines is 1. The lowest BCUT2D eigenvalue weighted by atomic mass is 9.76. The van der Waals surface area contributed by atoms with Gasteiger partial charge in [-0.15, -0.1) is 0 Å². The molecule has 1 saturated carbocycles. The molecule has 30 heavy (non-hydrogen) atoms. The number of hydrogen-bond donors (Lipinski definition) is 1. The van der Waals surface area contributed by atoms with E-state index >= 15 is 0 Å². The first kappa shape index (κ1) is 18.4. The molecule has 1 aliphatic carbocycles. The van der Waals surface area contributed by atoms with Crippen molar-refractivity contribution in [3.63, 3.8) is 0 Å². The highest BCUT2D eigenvalue weighted by molar-refractivity contribution is 5.94. The molecule has 0 unspecified atom stereocenters. The zero-order valence-corrected chi connectivity index (χ0v) is 16.3. The van der Waals surface area contributed by atoms with Crippen molar-refractivity contribution in [3.05, 3.63) is 83.6 Å². The topological polar surface area (TPSA) is 87.3 Å². The molecule has 1 spiro atoms. The molecule has 1 aliphatic heterocycles. The average molecular weight is 403 g/mol. The molecular formula is C23H21N3O4. The fraction of sp³-hybridized carbons (Fsp3) is 0.261. The molecule has 0 atom stereocenters.